The topological polar surface area (TPSA) is 26.3 Å². The summed E-state index contributed by atoms with van der Waals surface area (Å²) in [5, 5.41) is 0. The molecule has 0 aromatic carbocycles. The van der Waals surface area contributed by atoms with Crippen LogP contribution in [0.5, 0.6) is 0 Å². The van der Waals surface area contributed by atoms with Crippen LogP contribution in [-0.2, 0) is 9.53 Å². The third-order valence-electron chi connectivity index (χ3n) is 11.2. The van der Waals surface area contributed by atoms with Crippen molar-refractivity contribution in [3.05, 3.63) is 11.6 Å². The van der Waals surface area contributed by atoms with E-state index in [2.05, 4.69) is 45.5 Å². The number of hydrogen-bond donors (Lipinski definition) is 0. The number of thioether (sulfide) groups is 1. The van der Waals surface area contributed by atoms with E-state index in [-0.39, 0.29) is 4.93 Å². The summed E-state index contributed by atoms with van der Waals surface area (Å²) in [4.78, 5) is 12.2. The van der Waals surface area contributed by atoms with Gasteiger partial charge in [-0.15, -0.1) is 11.8 Å². The zero-order valence-corrected chi connectivity index (χ0v) is 20.2. The van der Waals surface area contributed by atoms with Gasteiger partial charge in [-0.1, -0.05) is 39.3 Å². The lowest BCUT2D eigenvalue weighted by atomic mass is 9.47. The summed E-state index contributed by atoms with van der Waals surface area (Å²) in [6, 6.07) is 0. The minimum Gasteiger partial charge on any atom is -0.360 e. The standard InChI is InChI=1S/C27H40O2S/c1-16-7-12-27(30-15-16)17(2)24-23(29-27)14-22-20-6-5-18-13-19(28)8-10-25(18,3)21(20)9-11-26(22,24)4/h5,16-17,20-24H,6-15H2,1-4H3/t16?,17-,20+,21-,22-,23-,24-,25-,26-,27?/m0/s1. The monoisotopic (exact) mass is 428 g/mol. The molecule has 2 saturated heterocycles. The van der Waals surface area contributed by atoms with Gasteiger partial charge >= 0.3 is 0 Å². The van der Waals surface area contributed by atoms with Gasteiger partial charge in [-0.3, -0.25) is 4.79 Å². The van der Waals surface area contributed by atoms with Crippen molar-refractivity contribution in [3.63, 3.8) is 0 Å². The molecule has 30 heavy (non-hydrogen) atoms. The molecule has 3 heteroatoms. The molecule has 10 atom stereocenters. The van der Waals surface area contributed by atoms with E-state index in [9.17, 15) is 4.79 Å². The number of ether oxygens (including phenoxy) is 1. The largest absolute Gasteiger partial charge is 0.360 e. The van der Waals surface area contributed by atoms with Gasteiger partial charge in [0.15, 0.2) is 0 Å². The van der Waals surface area contributed by atoms with Crippen LogP contribution in [0.2, 0.25) is 0 Å². The zero-order chi connectivity index (χ0) is 20.9. The van der Waals surface area contributed by atoms with Crippen LogP contribution in [-0.4, -0.2) is 22.6 Å². The Kier molecular flexibility index (Phi) is 4.49. The van der Waals surface area contributed by atoms with Crippen LogP contribution in [0.1, 0.15) is 85.5 Å². The average molecular weight is 429 g/mol. The number of ketones is 1. The van der Waals surface area contributed by atoms with Gasteiger partial charge in [0.05, 0.1) is 6.10 Å². The van der Waals surface area contributed by atoms with Gasteiger partial charge in [-0.2, -0.15) is 0 Å². The van der Waals surface area contributed by atoms with Crippen LogP contribution < -0.4 is 0 Å². The van der Waals surface area contributed by atoms with Crippen molar-refractivity contribution in [2.45, 2.75) is 96.5 Å². The molecule has 0 radical (unpaired) electrons. The highest BCUT2D eigenvalue weighted by Gasteiger charge is 2.68. The molecule has 2 heterocycles. The van der Waals surface area contributed by atoms with Crippen LogP contribution in [0.3, 0.4) is 0 Å². The molecule has 2 aliphatic heterocycles. The van der Waals surface area contributed by atoms with Crippen LogP contribution in [0.4, 0.5) is 0 Å². The first-order chi connectivity index (χ1) is 14.3. The molecule has 0 amide bonds. The molecule has 3 saturated carbocycles. The molecular weight excluding hydrogens is 388 g/mol. The Balaban J connectivity index is 1.29. The summed E-state index contributed by atoms with van der Waals surface area (Å²) in [6.45, 7) is 10.1. The molecule has 2 unspecified atom stereocenters. The lowest BCUT2D eigenvalue weighted by Gasteiger charge is -2.58. The smallest absolute Gasteiger partial charge is 0.136 e. The van der Waals surface area contributed by atoms with Crippen LogP contribution in [0.15, 0.2) is 11.6 Å². The maximum atomic E-state index is 12.1. The second-order valence-corrected chi connectivity index (χ2v) is 13.8. The van der Waals surface area contributed by atoms with E-state index in [4.69, 9.17) is 4.74 Å². The molecule has 0 N–H and O–H groups in total. The summed E-state index contributed by atoms with van der Waals surface area (Å²) >= 11 is 2.16. The predicted octanol–water partition coefficient (Wildman–Crippen LogP) is 6.64. The predicted molar refractivity (Wildman–Crippen MR) is 123 cm³/mol. The molecular formula is C27H40O2S. The third-order valence-corrected chi connectivity index (χ3v) is 13.1. The van der Waals surface area contributed by atoms with Crippen LogP contribution in [0.25, 0.3) is 0 Å². The first kappa shape index (κ1) is 20.3. The molecule has 0 aromatic heterocycles. The van der Waals surface area contributed by atoms with Crippen molar-refractivity contribution in [3.8, 4) is 0 Å². The highest BCUT2D eigenvalue weighted by molar-refractivity contribution is 8.00. The van der Waals surface area contributed by atoms with Crippen LogP contribution >= 0.6 is 11.8 Å². The van der Waals surface area contributed by atoms with Gasteiger partial charge in [0.25, 0.3) is 0 Å². The molecule has 0 aromatic rings. The molecule has 0 bridgehead atoms. The summed E-state index contributed by atoms with van der Waals surface area (Å²) < 4.78 is 7.06. The number of rotatable bonds is 0. The SMILES string of the molecule is CC1CCC2(O[C@H]3C[C@H]4[C@@H]5CC=C6CC(=O)CC[C@]6(C)[C@H]5CC[C@]4(C)[C@H]3[C@@H]2C)SC1. The van der Waals surface area contributed by atoms with E-state index in [1.54, 1.807) is 0 Å². The van der Waals surface area contributed by atoms with E-state index in [1.807, 2.05) is 0 Å². The fourth-order valence-corrected chi connectivity index (χ4v) is 11.1. The highest BCUT2D eigenvalue weighted by atomic mass is 32.2. The number of carbonyl (C=O) groups excluding carboxylic acids is 1. The Morgan fingerprint density at radius 1 is 1.10 bits per heavy atom. The van der Waals surface area contributed by atoms with E-state index >= 15 is 0 Å². The minimum absolute atomic E-state index is 0.113. The molecule has 1 spiro atoms. The third kappa shape index (κ3) is 2.57. The molecule has 6 rings (SSSR count). The Labute approximate surface area is 187 Å². The number of allylic oxidation sites excluding steroid dienone is 2. The van der Waals surface area contributed by atoms with Gasteiger partial charge in [0.2, 0.25) is 0 Å². The first-order valence-corrected chi connectivity index (χ1v) is 13.8. The molecule has 4 aliphatic carbocycles. The van der Waals surface area contributed by atoms with Crippen molar-refractivity contribution < 1.29 is 9.53 Å². The maximum Gasteiger partial charge on any atom is 0.136 e. The molecule has 2 nitrogen and oxygen atoms in total. The Morgan fingerprint density at radius 2 is 1.93 bits per heavy atom. The second kappa shape index (κ2) is 6.62. The van der Waals surface area contributed by atoms with Gasteiger partial charge in [-0.25, -0.2) is 0 Å². The van der Waals surface area contributed by atoms with E-state index in [0.29, 0.717) is 28.6 Å². The van der Waals surface area contributed by atoms with E-state index in [0.717, 1.165) is 48.9 Å². The maximum absolute atomic E-state index is 12.1. The van der Waals surface area contributed by atoms with Crippen molar-refractivity contribution in [1.29, 1.82) is 0 Å². The normalized spacial score (nSPS) is 57.4. The lowest BCUT2D eigenvalue weighted by Crippen LogP contribution is -2.51. The Hall–Kier alpha value is -0.280. The molecule has 166 valence electrons. The first-order valence-electron chi connectivity index (χ1n) is 12.8. The quantitative estimate of drug-likeness (QED) is 0.405. The van der Waals surface area contributed by atoms with Crippen molar-refractivity contribution in [2.75, 3.05) is 5.75 Å². The summed E-state index contributed by atoms with van der Waals surface area (Å²) in [6.07, 6.45) is 13.5. The van der Waals surface area contributed by atoms with Gasteiger partial charge in [0, 0.05) is 18.8 Å². The van der Waals surface area contributed by atoms with Gasteiger partial charge < -0.3 is 4.74 Å². The van der Waals surface area contributed by atoms with E-state index < -0.39 is 0 Å². The minimum atomic E-state index is 0.113. The molecule has 6 aliphatic rings. The fraction of sp³-hybridized carbons (Fsp3) is 0.889. The number of fused-ring (bicyclic) bond motifs is 7. The van der Waals surface area contributed by atoms with Crippen molar-refractivity contribution in [2.24, 2.45) is 46.3 Å². The zero-order valence-electron chi connectivity index (χ0n) is 19.4. The number of carbonyl (C=O) groups is 1. The number of Topliss-reactive ketones (excluding diaryl/α,β-unsaturated/α-hetero) is 1. The van der Waals surface area contributed by atoms with E-state index in [1.165, 1.54) is 49.9 Å². The lowest BCUT2D eigenvalue weighted by molar-refractivity contribution is -0.122. The van der Waals surface area contributed by atoms with Gasteiger partial charge in [0.1, 0.15) is 10.7 Å². The fourth-order valence-electron chi connectivity index (χ4n) is 9.49. The average Bonchev–Trinajstić information content (AvgIpc) is 3.16. The summed E-state index contributed by atoms with van der Waals surface area (Å²) in [7, 11) is 0. The highest BCUT2D eigenvalue weighted by Crippen LogP contribution is 2.71. The number of hydrogen-bond acceptors (Lipinski definition) is 3. The molecule has 5 fully saturated rings. The van der Waals surface area contributed by atoms with Crippen molar-refractivity contribution >= 4 is 17.5 Å². The van der Waals surface area contributed by atoms with Crippen molar-refractivity contribution in [1.82, 2.24) is 0 Å². The second-order valence-electron chi connectivity index (χ2n) is 12.5. The summed E-state index contributed by atoms with van der Waals surface area (Å²) in [5.41, 5.74) is 2.24. The summed E-state index contributed by atoms with van der Waals surface area (Å²) in [5.74, 6) is 6.44. The Bertz CT molecular complexity index is 780. The van der Waals surface area contributed by atoms with Crippen LogP contribution in [0, 0.1) is 46.3 Å². The van der Waals surface area contributed by atoms with Gasteiger partial charge in [-0.05, 0) is 91.1 Å². The Morgan fingerprint density at radius 3 is 2.70 bits per heavy atom.